The molecule has 0 spiro atoms. The number of fused-ring (bicyclic) bond motifs is 2. The molecule has 8 heteroatoms. The number of carbonyl (C=O) groups is 1. The van der Waals surface area contributed by atoms with E-state index in [1.54, 1.807) is 6.20 Å². The number of hydrogen-bond donors (Lipinski definition) is 0. The molecule has 33 heavy (non-hydrogen) atoms. The van der Waals surface area contributed by atoms with E-state index in [1.807, 2.05) is 30.3 Å². The summed E-state index contributed by atoms with van der Waals surface area (Å²) in [5.41, 5.74) is 1.51. The molecule has 7 nitrogen and oxygen atoms in total. The normalized spacial score (nSPS) is 17.9. The summed E-state index contributed by atoms with van der Waals surface area (Å²) in [7, 11) is 0. The zero-order valence-electron chi connectivity index (χ0n) is 18.4. The number of rotatable bonds is 5. The maximum absolute atomic E-state index is 12.7. The van der Waals surface area contributed by atoms with Gasteiger partial charge in [-0.2, -0.15) is 4.98 Å². The molecule has 2 saturated heterocycles. The number of hydrogen-bond acceptors (Lipinski definition) is 7. The van der Waals surface area contributed by atoms with E-state index in [-0.39, 0.29) is 5.92 Å². The van der Waals surface area contributed by atoms with Crippen LogP contribution in [-0.4, -0.2) is 51.9 Å². The number of likely N-dealkylation sites (tertiary alicyclic amines) is 2. The van der Waals surface area contributed by atoms with Crippen molar-refractivity contribution in [3.05, 3.63) is 48.4 Å². The number of nitrogens with zero attached hydrogens (tertiary/aromatic N) is 4. The number of benzene rings is 1. The van der Waals surface area contributed by atoms with E-state index in [0.29, 0.717) is 22.5 Å². The van der Waals surface area contributed by atoms with Gasteiger partial charge in [0, 0.05) is 36.7 Å². The molecule has 0 saturated carbocycles. The predicted octanol–water partition coefficient (Wildman–Crippen LogP) is 5.06. The molecule has 5 heterocycles. The average molecular weight is 463 g/mol. The molecule has 2 aliphatic heterocycles. The van der Waals surface area contributed by atoms with Gasteiger partial charge in [0.05, 0.1) is 11.2 Å². The number of piperidine rings is 1. The summed E-state index contributed by atoms with van der Waals surface area (Å²) in [6.45, 7) is 4.51. The molecule has 1 aromatic carbocycles. The first kappa shape index (κ1) is 20.6. The number of furan rings is 1. The van der Waals surface area contributed by atoms with Crippen LogP contribution in [0.25, 0.3) is 21.3 Å². The van der Waals surface area contributed by atoms with Crippen molar-refractivity contribution in [3.63, 3.8) is 0 Å². The fraction of sp³-hybridized carbons (Fsp3) is 0.400. The van der Waals surface area contributed by atoms with Gasteiger partial charge in [-0.25, -0.2) is 4.98 Å². The zero-order valence-corrected chi connectivity index (χ0v) is 19.2. The molecule has 170 valence electrons. The van der Waals surface area contributed by atoms with Crippen LogP contribution < -0.4 is 4.74 Å². The lowest BCUT2D eigenvalue weighted by Gasteiger charge is -2.32. The van der Waals surface area contributed by atoms with Crippen LogP contribution in [0.4, 0.5) is 0 Å². The molecule has 2 fully saturated rings. The van der Waals surface area contributed by atoms with Gasteiger partial charge in [-0.05, 0) is 69.1 Å². The van der Waals surface area contributed by atoms with Crippen molar-refractivity contribution in [2.45, 2.75) is 32.2 Å². The molecule has 6 rings (SSSR count). The van der Waals surface area contributed by atoms with E-state index in [9.17, 15) is 4.79 Å². The Morgan fingerprint density at radius 2 is 1.97 bits per heavy atom. The minimum atomic E-state index is 0.187. The molecular formula is C25H26N4O3S. The Kier molecular flexibility index (Phi) is 5.47. The van der Waals surface area contributed by atoms with Crippen molar-refractivity contribution in [2.75, 3.05) is 26.2 Å². The fourth-order valence-corrected chi connectivity index (χ4v) is 5.65. The maximum atomic E-state index is 12.7. The smallest absolute Gasteiger partial charge is 0.281 e. The predicted molar refractivity (Wildman–Crippen MR) is 128 cm³/mol. The first-order valence-electron chi connectivity index (χ1n) is 11.6. The Balaban J connectivity index is 1.09. The molecule has 0 N–H and O–H groups in total. The van der Waals surface area contributed by atoms with Gasteiger partial charge in [0.25, 0.3) is 5.19 Å². The van der Waals surface area contributed by atoms with Crippen LogP contribution in [0.15, 0.2) is 47.0 Å². The monoisotopic (exact) mass is 462 g/mol. The van der Waals surface area contributed by atoms with Crippen LogP contribution in [0.2, 0.25) is 0 Å². The van der Waals surface area contributed by atoms with E-state index in [2.05, 4.69) is 25.8 Å². The van der Waals surface area contributed by atoms with Crippen molar-refractivity contribution >= 4 is 38.6 Å². The number of amides is 1. The molecule has 0 unspecified atom stereocenters. The Hall–Kier alpha value is -2.97. The van der Waals surface area contributed by atoms with E-state index in [4.69, 9.17) is 9.15 Å². The lowest BCUT2D eigenvalue weighted by atomic mass is 9.95. The number of ether oxygens (including phenoxy) is 1. The van der Waals surface area contributed by atoms with Gasteiger partial charge in [0.1, 0.15) is 17.1 Å². The van der Waals surface area contributed by atoms with E-state index in [0.717, 1.165) is 79.8 Å². The standard InChI is InChI=1S/C25H26N4O3S/c30-24(29-10-1-2-11-29)17-7-12-28(13-8-17)16-20-14-18-5-6-19(15-21(18)31-20)32-25-27-23-22(33-25)4-3-9-26-23/h3-6,9,14-15,17H,1-2,7-8,10-13,16H2. The van der Waals surface area contributed by atoms with Gasteiger partial charge >= 0.3 is 0 Å². The third kappa shape index (κ3) is 4.32. The molecule has 3 aromatic heterocycles. The van der Waals surface area contributed by atoms with E-state index < -0.39 is 0 Å². The van der Waals surface area contributed by atoms with Crippen molar-refractivity contribution in [1.82, 2.24) is 19.8 Å². The second kappa shape index (κ2) is 8.76. The SMILES string of the molecule is O=C(C1CCN(Cc2cc3ccc(Oc4nc5ncccc5s4)cc3o2)CC1)N1CCCC1. The van der Waals surface area contributed by atoms with Crippen molar-refractivity contribution in [3.8, 4) is 10.9 Å². The summed E-state index contributed by atoms with van der Waals surface area (Å²) in [4.78, 5) is 25.8. The molecule has 4 aromatic rings. The number of thiazole rings is 1. The second-order valence-corrected chi connectivity index (χ2v) is 9.90. The van der Waals surface area contributed by atoms with Crippen LogP contribution in [0.5, 0.6) is 10.9 Å². The van der Waals surface area contributed by atoms with Gasteiger partial charge in [-0.15, -0.1) is 0 Å². The zero-order chi connectivity index (χ0) is 22.2. The lowest BCUT2D eigenvalue weighted by Crippen LogP contribution is -2.41. The summed E-state index contributed by atoms with van der Waals surface area (Å²) in [5.74, 6) is 2.19. The van der Waals surface area contributed by atoms with Crippen molar-refractivity contribution in [2.24, 2.45) is 5.92 Å². The molecule has 0 atom stereocenters. The third-order valence-electron chi connectivity index (χ3n) is 6.63. The van der Waals surface area contributed by atoms with Crippen LogP contribution in [-0.2, 0) is 11.3 Å². The van der Waals surface area contributed by atoms with Crippen molar-refractivity contribution < 1.29 is 13.9 Å². The highest BCUT2D eigenvalue weighted by molar-refractivity contribution is 7.20. The van der Waals surface area contributed by atoms with Gasteiger partial charge in [-0.3, -0.25) is 9.69 Å². The van der Waals surface area contributed by atoms with Gasteiger partial charge < -0.3 is 14.1 Å². The first-order valence-corrected chi connectivity index (χ1v) is 12.5. The highest BCUT2D eigenvalue weighted by atomic mass is 32.1. The number of aromatic nitrogens is 2. The van der Waals surface area contributed by atoms with Crippen LogP contribution in [0, 0.1) is 5.92 Å². The summed E-state index contributed by atoms with van der Waals surface area (Å²) >= 11 is 1.48. The highest BCUT2D eigenvalue weighted by Crippen LogP contribution is 2.33. The second-order valence-electron chi connectivity index (χ2n) is 8.90. The fourth-order valence-electron chi connectivity index (χ4n) is 4.86. The summed E-state index contributed by atoms with van der Waals surface area (Å²) in [6, 6.07) is 11.9. The molecule has 0 radical (unpaired) electrons. The summed E-state index contributed by atoms with van der Waals surface area (Å²) in [5, 5.41) is 1.63. The maximum Gasteiger partial charge on any atom is 0.281 e. The van der Waals surface area contributed by atoms with Gasteiger partial charge in [-0.1, -0.05) is 11.3 Å². The number of pyridine rings is 1. The molecule has 1 amide bonds. The number of carbonyl (C=O) groups excluding carboxylic acids is 1. The largest absolute Gasteiger partial charge is 0.460 e. The minimum absolute atomic E-state index is 0.187. The van der Waals surface area contributed by atoms with E-state index >= 15 is 0 Å². The summed E-state index contributed by atoms with van der Waals surface area (Å²) in [6.07, 6.45) is 5.91. The van der Waals surface area contributed by atoms with Gasteiger partial charge in [0.2, 0.25) is 5.91 Å². The van der Waals surface area contributed by atoms with Crippen LogP contribution in [0.3, 0.4) is 0 Å². The Labute approximate surface area is 196 Å². The molecular weight excluding hydrogens is 436 g/mol. The Bertz CT molecular complexity index is 1250. The summed E-state index contributed by atoms with van der Waals surface area (Å²) < 4.78 is 13.1. The molecule has 0 bridgehead atoms. The Morgan fingerprint density at radius 1 is 1.12 bits per heavy atom. The topological polar surface area (TPSA) is 71.7 Å². The first-order chi connectivity index (χ1) is 16.2. The van der Waals surface area contributed by atoms with Crippen molar-refractivity contribution in [1.29, 1.82) is 0 Å². The highest BCUT2D eigenvalue weighted by Gasteiger charge is 2.30. The van der Waals surface area contributed by atoms with Crippen LogP contribution in [0.1, 0.15) is 31.4 Å². The minimum Gasteiger partial charge on any atom is -0.460 e. The van der Waals surface area contributed by atoms with Crippen LogP contribution >= 0.6 is 11.3 Å². The van der Waals surface area contributed by atoms with E-state index in [1.165, 1.54) is 11.3 Å². The quantitative estimate of drug-likeness (QED) is 0.413. The molecule has 2 aliphatic rings. The Morgan fingerprint density at radius 3 is 2.79 bits per heavy atom. The van der Waals surface area contributed by atoms with Gasteiger partial charge in [0.15, 0.2) is 5.65 Å². The lowest BCUT2D eigenvalue weighted by molar-refractivity contribution is -0.136. The average Bonchev–Trinajstić information content (AvgIpc) is 3.58. The third-order valence-corrected chi connectivity index (χ3v) is 7.51. The molecule has 0 aliphatic carbocycles.